The predicted molar refractivity (Wildman–Crippen MR) is 299 cm³/mol. The van der Waals surface area contributed by atoms with Gasteiger partial charge < -0.3 is 51.2 Å². The lowest BCUT2D eigenvalue weighted by molar-refractivity contribution is -0.142. The van der Waals surface area contributed by atoms with Crippen LogP contribution in [-0.4, -0.2) is 121 Å². The summed E-state index contributed by atoms with van der Waals surface area (Å²) >= 11 is 0. The quantitative estimate of drug-likeness (QED) is 0.0376. The van der Waals surface area contributed by atoms with E-state index in [0.717, 1.165) is 29.2 Å². The molecular weight excluding hydrogens is 1060 g/mol. The van der Waals surface area contributed by atoms with Crippen LogP contribution < -0.4 is 36.5 Å². The maximum absolute atomic E-state index is 16.0. The molecule has 11 rings (SSSR count). The highest BCUT2D eigenvalue weighted by molar-refractivity contribution is 6.06. The molecule has 4 fully saturated rings. The lowest BCUT2D eigenvalue weighted by Gasteiger charge is -2.31. The first-order valence-electron chi connectivity index (χ1n) is 27.6. The first-order valence-corrected chi connectivity index (χ1v) is 27.6. The molecule has 2 amide bonds. The number of aliphatic hydroxyl groups excluding tert-OH is 1. The lowest BCUT2D eigenvalue weighted by atomic mass is 9.90. The number of benzene rings is 4. The van der Waals surface area contributed by atoms with Crippen LogP contribution in [0, 0.1) is 18.7 Å². The Hall–Kier alpha value is -8.15. The Kier molecular flexibility index (Phi) is 15.6. The number of anilines is 1. The molecule has 0 saturated carbocycles. The van der Waals surface area contributed by atoms with Crippen LogP contribution in [0.25, 0.3) is 49.8 Å². The van der Waals surface area contributed by atoms with Crippen LogP contribution in [0.2, 0.25) is 0 Å². The standard InChI is InChI=1S/C59H65F4N13O6/c1-31(2)53(57(79)74-17-5-6-49(74)56(78)68-48(29-77)37-13-11-35(12-14-37)42(24-65)32(3)23-64)76-28-47(72-73-76)36-9-7-34(8-10-36)30-81-54-51(50-33(4)45(60)22-46-43(50)26-67-71-46)44(59(61,62)63)21-41-52(54)69-58(82-40-15-18-80-19-16-40)70-55(41)75-27-38-20-39(75)25-66-38/h7-14,21-24,26,28,31,38-40,48-49,53,66,77H,5-6,15-20,25,27,29-30,64-65H2,1-4H3,(H,67,71)(H,68,78)/b32-23-,42-24+/t38-,39-,48-,49-,53-/m0/s1. The first kappa shape index (κ1) is 55.7. The van der Waals surface area contributed by atoms with E-state index in [0.29, 0.717) is 80.9 Å². The van der Waals surface area contributed by atoms with Crippen LogP contribution in [0.15, 0.2) is 91.0 Å². The van der Waals surface area contributed by atoms with Gasteiger partial charge in [-0.3, -0.25) is 14.7 Å². The Morgan fingerprint density at radius 1 is 1.00 bits per heavy atom. The molecule has 23 heteroatoms. The number of aromatic nitrogens is 7. The highest BCUT2D eigenvalue weighted by atomic mass is 19.4. The maximum atomic E-state index is 16.0. The third-order valence-electron chi connectivity index (χ3n) is 16.3. The van der Waals surface area contributed by atoms with Crippen molar-refractivity contribution in [2.45, 2.75) is 109 Å². The highest BCUT2D eigenvalue weighted by Crippen LogP contribution is 2.51. The number of alkyl halides is 3. The molecule has 3 aromatic heterocycles. The molecule has 4 aromatic carbocycles. The maximum Gasteiger partial charge on any atom is 0.417 e. The van der Waals surface area contributed by atoms with Gasteiger partial charge in [-0.25, -0.2) is 9.07 Å². The number of aliphatic hydroxyl groups is 1. The topological polar surface area (TPSA) is 250 Å². The molecule has 0 spiro atoms. The van der Waals surface area contributed by atoms with Gasteiger partial charge in [0.2, 0.25) is 11.8 Å². The number of fused-ring (bicyclic) bond motifs is 4. The molecule has 0 radical (unpaired) electrons. The molecule has 8 N–H and O–H groups in total. The summed E-state index contributed by atoms with van der Waals surface area (Å²) in [5, 5.41) is 32.9. The molecule has 7 aromatic rings. The third-order valence-corrected chi connectivity index (χ3v) is 16.3. The van der Waals surface area contributed by atoms with Gasteiger partial charge in [-0.1, -0.05) is 67.6 Å². The van der Waals surface area contributed by atoms with E-state index >= 15 is 17.6 Å². The van der Waals surface area contributed by atoms with Crippen LogP contribution in [0.4, 0.5) is 23.4 Å². The largest absolute Gasteiger partial charge is 0.486 e. The van der Waals surface area contributed by atoms with Crippen molar-refractivity contribution in [3.05, 3.63) is 125 Å². The Labute approximate surface area is 470 Å². The summed E-state index contributed by atoms with van der Waals surface area (Å²) < 4.78 is 83.9. The minimum absolute atomic E-state index is 0.0212. The van der Waals surface area contributed by atoms with E-state index in [9.17, 15) is 14.7 Å². The van der Waals surface area contributed by atoms with Gasteiger partial charge in [0.25, 0.3) is 0 Å². The second-order valence-corrected chi connectivity index (χ2v) is 21.9. The zero-order valence-corrected chi connectivity index (χ0v) is 45.8. The van der Waals surface area contributed by atoms with Crippen molar-refractivity contribution in [3.8, 4) is 34.1 Å². The number of nitrogens with two attached hydrogens (primary N) is 2. The Bertz CT molecular complexity index is 3580. The molecule has 2 bridgehead atoms. The number of piperazine rings is 1. The average Bonchev–Trinajstić information content (AvgIpc) is 1.66. The summed E-state index contributed by atoms with van der Waals surface area (Å²) in [5.74, 6) is -1.66. The number of hydrogen-bond acceptors (Lipinski definition) is 15. The number of amides is 2. The number of allylic oxidation sites excluding steroid dienone is 2. The van der Waals surface area contributed by atoms with Gasteiger partial charge in [-0.15, -0.1) is 5.10 Å². The van der Waals surface area contributed by atoms with E-state index < -0.39 is 47.2 Å². The van der Waals surface area contributed by atoms with E-state index in [1.165, 1.54) is 36.3 Å². The van der Waals surface area contributed by atoms with E-state index in [1.807, 2.05) is 37.8 Å². The number of ether oxygens (including phenoxy) is 3. The van der Waals surface area contributed by atoms with Crippen LogP contribution in [0.1, 0.15) is 92.8 Å². The monoisotopic (exact) mass is 1130 g/mol. The molecule has 430 valence electrons. The van der Waals surface area contributed by atoms with Crippen LogP contribution >= 0.6 is 0 Å². The number of carbonyl (C=O) groups excluding carboxylic acids is 2. The molecule has 4 aliphatic heterocycles. The Balaban J connectivity index is 0.879. The number of aromatic amines is 1. The van der Waals surface area contributed by atoms with Gasteiger partial charge in [0.05, 0.1) is 49.3 Å². The molecule has 82 heavy (non-hydrogen) atoms. The number of likely N-dealkylation sites (tertiary alicyclic amines) is 1. The van der Waals surface area contributed by atoms with Gasteiger partial charge in [0.15, 0.2) is 5.75 Å². The predicted octanol–water partition coefficient (Wildman–Crippen LogP) is 7.79. The number of hydrogen-bond donors (Lipinski definition) is 6. The number of nitrogens with zero attached hydrogens (tertiary/aromatic N) is 8. The minimum atomic E-state index is -4.96. The van der Waals surface area contributed by atoms with Gasteiger partial charge in [-0.2, -0.15) is 28.2 Å². The van der Waals surface area contributed by atoms with Gasteiger partial charge in [0.1, 0.15) is 47.6 Å². The summed E-state index contributed by atoms with van der Waals surface area (Å²) in [5.41, 5.74) is 14.9. The zero-order valence-electron chi connectivity index (χ0n) is 45.8. The van der Waals surface area contributed by atoms with Gasteiger partial charge >= 0.3 is 12.2 Å². The normalized spacial score (nSPS) is 19.7. The van der Waals surface area contributed by atoms with Crippen LogP contribution in [0.3, 0.4) is 0 Å². The molecule has 0 aliphatic carbocycles. The van der Waals surface area contributed by atoms with Crippen molar-refractivity contribution in [2.75, 3.05) is 44.4 Å². The second-order valence-electron chi connectivity index (χ2n) is 21.9. The number of nitrogens with one attached hydrogen (secondary N) is 3. The number of H-pyrrole nitrogens is 1. The van der Waals surface area contributed by atoms with Crippen molar-refractivity contribution < 1.29 is 46.5 Å². The van der Waals surface area contributed by atoms with Crippen molar-refractivity contribution >= 4 is 45.0 Å². The third kappa shape index (κ3) is 10.8. The highest BCUT2D eigenvalue weighted by Gasteiger charge is 2.44. The molecule has 4 aliphatic rings. The lowest BCUT2D eigenvalue weighted by Crippen LogP contribution is -2.50. The second kappa shape index (κ2) is 23.0. The summed E-state index contributed by atoms with van der Waals surface area (Å²) in [6.45, 7) is 8.83. The molecule has 19 nitrogen and oxygen atoms in total. The van der Waals surface area contributed by atoms with Crippen molar-refractivity contribution in [2.24, 2.45) is 17.4 Å². The summed E-state index contributed by atoms with van der Waals surface area (Å²) in [4.78, 5) is 41.8. The zero-order chi connectivity index (χ0) is 57.6. The van der Waals surface area contributed by atoms with Crippen LogP contribution in [0.5, 0.6) is 11.8 Å². The van der Waals surface area contributed by atoms with Crippen molar-refractivity contribution in [3.63, 3.8) is 0 Å². The first-order chi connectivity index (χ1) is 39.5. The van der Waals surface area contributed by atoms with Gasteiger partial charge in [0, 0.05) is 83.8 Å². The SMILES string of the molecule is CC(=C/N)/C(=C\N)c1ccc([C@H](CO)NC(=O)[C@@H]2CCCN2C(=O)[C@H](C(C)C)n2cc(-c3ccc(COc4c(-c5c(C)c(F)cc6[nH]ncc56)c(C(F)(F)F)cc5c(N6C[C@@H]7C[C@H]6CN7)nc(OC6CCOCC6)nc45)cc3)nn2)cc1. The van der Waals surface area contributed by atoms with Crippen molar-refractivity contribution in [1.29, 1.82) is 0 Å². The summed E-state index contributed by atoms with van der Waals surface area (Å²) in [6, 6.07) is 14.3. The fraction of sp³-hybridized carbons (Fsp3) is 0.407. The number of carbonyl (C=O) groups is 2. The average molecular weight is 1130 g/mol. The Morgan fingerprint density at radius 2 is 1.77 bits per heavy atom. The summed E-state index contributed by atoms with van der Waals surface area (Å²) in [6.07, 6.45) is 3.64. The Morgan fingerprint density at radius 3 is 2.44 bits per heavy atom. The number of rotatable bonds is 17. The minimum Gasteiger partial charge on any atom is -0.486 e. The number of halogens is 4. The molecule has 5 atom stereocenters. The molecule has 7 heterocycles. The summed E-state index contributed by atoms with van der Waals surface area (Å²) in [7, 11) is 0. The van der Waals surface area contributed by atoms with Crippen molar-refractivity contribution in [1.82, 2.24) is 50.7 Å². The smallest absolute Gasteiger partial charge is 0.417 e. The fourth-order valence-corrected chi connectivity index (χ4v) is 11.9. The van der Waals surface area contributed by atoms with E-state index in [-0.39, 0.29) is 93.7 Å². The van der Waals surface area contributed by atoms with E-state index in [4.69, 9.17) is 35.6 Å². The van der Waals surface area contributed by atoms with E-state index in [2.05, 4.69) is 31.1 Å². The van der Waals surface area contributed by atoms with Crippen LogP contribution in [-0.2, 0) is 27.1 Å². The molecule has 0 unspecified atom stereocenters. The van der Waals surface area contributed by atoms with Gasteiger partial charge in [-0.05, 0) is 85.2 Å². The molecule has 4 saturated heterocycles. The van der Waals surface area contributed by atoms with E-state index in [1.54, 1.807) is 47.5 Å². The molecular formula is C59H65F4N13O6. The fourth-order valence-electron chi connectivity index (χ4n) is 11.9.